The molecule has 2 atom stereocenters. The van der Waals surface area contributed by atoms with E-state index in [0.717, 1.165) is 24.7 Å². The predicted molar refractivity (Wildman–Crippen MR) is 132 cm³/mol. The summed E-state index contributed by atoms with van der Waals surface area (Å²) >= 11 is 0. The number of benzene rings is 2. The van der Waals surface area contributed by atoms with Crippen molar-refractivity contribution in [3.05, 3.63) is 65.7 Å². The van der Waals surface area contributed by atoms with E-state index in [1.807, 2.05) is 0 Å². The van der Waals surface area contributed by atoms with Gasteiger partial charge in [0.1, 0.15) is 5.75 Å². The first-order valence-electron chi connectivity index (χ1n) is 12.3. The van der Waals surface area contributed by atoms with Gasteiger partial charge in [-0.05, 0) is 68.8 Å². The second kappa shape index (κ2) is 12.1. The topological polar surface area (TPSA) is 52.6 Å². The minimum absolute atomic E-state index is 0.0429. The van der Waals surface area contributed by atoms with Gasteiger partial charge in [0.2, 0.25) is 0 Å². The van der Waals surface area contributed by atoms with E-state index >= 15 is 0 Å². The molecule has 0 radical (unpaired) electrons. The van der Waals surface area contributed by atoms with Crippen molar-refractivity contribution in [2.45, 2.75) is 57.9 Å². The largest absolute Gasteiger partial charge is 0.507 e. The molecule has 2 N–H and O–H groups in total. The highest BCUT2D eigenvalue weighted by Crippen LogP contribution is 2.40. The minimum Gasteiger partial charge on any atom is -0.507 e. The molecule has 1 fully saturated rings. The Hall–Kier alpha value is -2.33. The number of carbonyl (C=O) groups is 1. The first-order chi connectivity index (χ1) is 15.5. The number of aromatic hydroxyl groups is 1. The molecule has 2 aromatic rings. The maximum absolute atomic E-state index is 12.4. The Morgan fingerprint density at radius 2 is 1.69 bits per heavy atom. The summed E-state index contributed by atoms with van der Waals surface area (Å²) < 4.78 is 0. The standard InChI is InChI=1S/C28H40N2O2/c1-4-21(20-29-28(32)25-12-8-9-13-26(25)31)14-15-22-16-18-24(19-17-22)27(30(2)3)23-10-6-5-7-11-23/h5-13,21-22,24,27,31H,4,14-20H2,1-3H3,(H,29,32). The first kappa shape index (κ1) is 24.3. The summed E-state index contributed by atoms with van der Waals surface area (Å²) in [6.07, 6.45) is 8.67. The van der Waals surface area contributed by atoms with Crippen LogP contribution in [0.2, 0.25) is 0 Å². The number of carbonyl (C=O) groups excluding carboxylic acids is 1. The van der Waals surface area contributed by atoms with E-state index in [2.05, 4.69) is 61.6 Å². The molecule has 0 saturated heterocycles. The highest BCUT2D eigenvalue weighted by molar-refractivity contribution is 5.96. The number of hydrogen-bond donors (Lipinski definition) is 2. The molecule has 0 spiro atoms. The number of phenolic OH excluding ortho intramolecular Hbond substituents is 1. The van der Waals surface area contributed by atoms with Gasteiger partial charge in [0.15, 0.2) is 0 Å². The lowest BCUT2D eigenvalue weighted by molar-refractivity contribution is 0.0941. The average molecular weight is 437 g/mol. The molecule has 32 heavy (non-hydrogen) atoms. The lowest BCUT2D eigenvalue weighted by atomic mass is 9.74. The molecule has 0 bridgehead atoms. The van der Waals surface area contributed by atoms with Crippen molar-refractivity contribution in [3.8, 4) is 5.75 Å². The third-order valence-corrected chi connectivity index (χ3v) is 7.30. The second-order valence-corrected chi connectivity index (χ2v) is 9.68. The summed E-state index contributed by atoms with van der Waals surface area (Å²) in [5.41, 5.74) is 1.79. The molecule has 4 heteroatoms. The molecule has 1 aliphatic carbocycles. The van der Waals surface area contributed by atoms with Gasteiger partial charge in [0, 0.05) is 12.6 Å². The SMILES string of the molecule is CCC(CCC1CCC(C(c2ccccc2)N(C)C)CC1)CNC(=O)c1ccccc1O. The number of nitrogens with zero attached hydrogens (tertiary/aromatic N) is 1. The molecule has 2 unspecified atom stereocenters. The highest BCUT2D eigenvalue weighted by Gasteiger charge is 2.30. The van der Waals surface area contributed by atoms with E-state index in [9.17, 15) is 9.90 Å². The summed E-state index contributed by atoms with van der Waals surface area (Å²) in [6.45, 7) is 2.88. The summed E-state index contributed by atoms with van der Waals surface area (Å²) in [6, 6.07) is 18.2. The number of rotatable bonds is 10. The number of nitrogens with one attached hydrogen (secondary N) is 1. The van der Waals surface area contributed by atoms with Crippen LogP contribution in [0.15, 0.2) is 54.6 Å². The molecule has 0 aromatic heterocycles. The number of phenols is 1. The summed E-state index contributed by atoms with van der Waals surface area (Å²) in [5, 5.41) is 12.9. The van der Waals surface area contributed by atoms with Crippen molar-refractivity contribution < 1.29 is 9.90 Å². The van der Waals surface area contributed by atoms with Gasteiger partial charge in [-0.25, -0.2) is 0 Å². The summed E-state index contributed by atoms with van der Waals surface area (Å²) in [7, 11) is 4.41. The van der Waals surface area contributed by atoms with Crippen LogP contribution < -0.4 is 5.32 Å². The Morgan fingerprint density at radius 1 is 1.03 bits per heavy atom. The van der Waals surface area contributed by atoms with E-state index in [1.165, 1.54) is 37.7 Å². The molecule has 0 aliphatic heterocycles. The zero-order chi connectivity index (χ0) is 22.9. The van der Waals surface area contributed by atoms with Crippen molar-refractivity contribution in [2.75, 3.05) is 20.6 Å². The monoisotopic (exact) mass is 436 g/mol. The van der Waals surface area contributed by atoms with E-state index in [0.29, 0.717) is 24.1 Å². The Bertz CT molecular complexity index is 828. The molecular formula is C28H40N2O2. The van der Waals surface area contributed by atoms with Crippen LogP contribution in [0.3, 0.4) is 0 Å². The van der Waals surface area contributed by atoms with Crippen LogP contribution in [0, 0.1) is 17.8 Å². The van der Waals surface area contributed by atoms with Crippen molar-refractivity contribution in [2.24, 2.45) is 17.8 Å². The van der Waals surface area contributed by atoms with Crippen molar-refractivity contribution >= 4 is 5.91 Å². The van der Waals surface area contributed by atoms with E-state index in [1.54, 1.807) is 24.3 Å². The first-order valence-corrected chi connectivity index (χ1v) is 12.3. The molecule has 1 amide bonds. The zero-order valence-corrected chi connectivity index (χ0v) is 20.0. The summed E-state index contributed by atoms with van der Waals surface area (Å²) in [4.78, 5) is 14.8. The van der Waals surface area contributed by atoms with E-state index in [4.69, 9.17) is 0 Å². The maximum Gasteiger partial charge on any atom is 0.255 e. The lowest BCUT2D eigenvalue weighted by Crippen LogP contribution is -2.31. The fraction of sp³-hybridized carbons (Fsp3) is 0.536. The van der Waals surface area contributed by atoms with Crippen LogP contribution in [0.1, 0.15) is 73.8 Å². The van der Waals surface area contributed by atoms with Gasteiger partial charge in [-0.3, -0.25) is 4.79 Å². The minimum atomic E-state index is -0.183. The highest BCUT2D eigenvalue weighted by atomic mass is 16.3. The zero-order valence-electron chi connectivity index (χ0n) is 20.0. The Morgan fingerprint density at radius 3 is 2.31 bits per heavy atom. The normalized spacial score (nSPS) is 20.6. The Labute approximate surface area is 194 Å². The van der Waals surface area contributed by atoms with Gasteiger partial charge in [0.05, 0.1) is 5.56 Å². The number of hydrogen-bond acceptors (Lipinski definition) is 3. The third kappa shape index (κ3) is 6.59. The molecule has 4 nitrogen and oxygen atoms in total. The van der Waals surface area contributed by atoms with Crippen LogP contribution in [-0.4, -0.2) is 36.6 Å². The summed E-state index contributed by atoms with van der Waals surface area (Å²) in [5.74, 6) is 1.87. The van der Waals surface area contributed by atoms with Crippen molar-refractivity contribution in [3.63, 3.8) is 0 Å². The van der Waals surface area contributed by atoms with Gasteiger partial charge in [-0.1, -0.05) is 75.1 Å². The number of amides is 1. The van der Waals surface area contributed by atoms with Crippen LogP contribution in [0.4, 0.5) is 0 Å². The molecule has 1 saturated carbocycles. The average Bonchev–Trinajstić information content (AvgIpc) is 2.81. The molecule has 3 rings (SSSR count). The van der Waals surface area contributed by atoms with Gasteiger partial charge in [-0.15, -0.1) is 0 Å². The Balaban J connectivity index is 1.44. The van der Waals surface area contributed by atoms with Gasteiger partial charge < -0.3 is 15.3 Å². The fourth-order valence-corrected chi connectivity index (χ4v) is 5.35. The predicted octanol–water partition coefficient (Wildman–Crippen LogP) is 6.04. The molecule has 2 aromatic carbocycles. The van der Waals surface area contributed by atoms with Gasteiger partial charge in [0.25, 0.3) is 5.91 Å². The Kier molecular flexibility index (Phi) is 9.16. The van der Waals surface area contributed by atoms with Crippen LogP contribution in [0.25, 0.3) is 0 Å². The quantitative estimate of drug-likeness (QED) is 0.477. The molecule has 1 aliphatic rings. The number of para-hydroxylation sites is 1. The molecule has 174 valence electrons. The second-order valence-electron chi connectivity index (χ2n) is 9.68. The van der Waals surface area contributed by atoms with Gasteiger partial charge in [-0.2, -0.15) is 0 Å². The molecular weight excluding hydrogens is 396 g/mol. The van der Waals surface area contributed by atoms with Crippen LogP contribution in [0.5, 0.6) is 5.75 Å². The van der Waals surface area contributed by atoms with E-state index < -0.39 is 0 Å². The lowest BCUT2D eigenvalue weighted by Gasteiger charge is -2.38. The van der Waals surface area contributed by atoms with Crippen molar-refractivity contribution in [1.29, 1.82) is 0 Å². The van der Waals surface area contributed by atoms with Crippen LogP contribution >= 0.6 is 0 Å². The third-order valence-electron chi connectivity index (χ3n) is 7.30. The molecule has 0 heterocycles. The van der Waals surface area contributed by atoms with Crippen LogP contribution in [-0.2, 0) is 0 Å². The van der Waals surface area contributed by atoms with Gasteiger partial charge >= 0.3 is 0 Å². The van der Waals surface area contributed by atoms with Crippen molar-refractivity contribution in [1.82, 2.24) is 10.2 Å². The van der Waals surface area contributed by atoms with E-state index in [-0.39, 0.29) is 11.7 Å². The fourth-order valence-electron chi connectivity index (χ4n) is 5.35. The maximum atomic E-state index is 12.4. The smallest absolute Gasteiger partial charge is 0.255 e.